The van der Waals surface area contributed by atoms with Crippen molar-refractivity contribution in [2.75, 3.05) is 27.3 Å². The summed E-state index contributed by atoms with van der Waals surface area (Å²) in [6.45, 7) is 5.17. The summed E-state index contributed by atoms with van der Waals surface area (Å²) in [6.07, 6.45) is 0.116. The predicted octanol–water partition coefficient (Wildman–Crippen LogP) is 1.95. The lowest BCUT2D eigenvalue weighted by atomic mass is 10.1. The zero-order chi connectivity index (χ0) is 14.7. The van der Waals surface area contributed by atoms with Crippen molar-refractivity contribution >= 4 is 5.91 Å². The van der Waals surface area contributed by atoms with Gasteiger partial charge in [0.25, 0.3) is 5.91 Å². The Morgan fingerprint density at radius 3 is 2.30 bits per heavy atom. The van der Waals surface area contributed by atoms with Crippen LogP contribution in [0.15, 0.2) is 18.2 Å². The Hall–Kier alpha value is -1.75. The Balaban J connectivity index is 2.20. The third-order valence-electron chi connectivity index (χ3n) is 3.34. The van der Waals surface area contributed by atoms with Gasteiger partial charge in [0.1, 0.15) is 0 Å². The van der Waals surface area contributed by atoms with Crippen molar-refractivity contribution in [1.82, 2.24) is 4.90 Å². The van der Waals surface area contributed by atoms with E-state index in [9.17, 15) is 4.79 Å². The van der Waals surface area contributed by atoms with Crippen molar-refractivity contribution in [3.05, 3.63) is 23.8 Å². The van der Waals surface area contributed by atoms with Crippen LogP contribution in [0, 0.1) is 0 Å². The van der Waals surface area contributed by atoms with Gasteiger partial charge in [0.2, 0.25) is 0 Å². The topological polar surface area (TPSA) is 48.0 Å². The molecular weight excluding hydrogens is 258 g/mol. The molecule has 1 heterocycles. The second-order valence-electron chi connectivity index (χ2n) is 5.04. The zero-order valence-corrected chi connectivity index (χ0v) is 12.4. The third-order valence-corrected chi connectivity index (χ3v) is 3.34. The minimum absolute atomic E-state index is 0.00652. The van der Waals surface area contributed by atoms with Gasteiger partial charge in [-0.05, 0) is 32.0 Å². The third kappa shape index (κ3) is 3.04. The number of rotatable bonds is 3. The molecule has 1 amide bonds. The number of hydrogen-bond donors (Lipinski definition) is 0. The highest BCUT2D eigenvalue weighted by Gasteiger charge is 2.27. The fourth-order valence-corrected chi connectivity index (χ4v) is 2.50. The lowest BCUT2D eigenvalue weighted by molar-refractivity contribution is -0.0586. The molecule has 1 aliphatic rings. The van der Waals surface area contributed by atoms with Crippen LogP contribution in [0.3, 0.4) is 0 Å². The number of carbonyl (C=O) groups excluding carboxylic acids is 1. The summed E-state index contributed by atoms with van der Waals surface area (Å²) in [4.78, 5) is 14.4. The van der Waals surface area contributed by atoms with Crippen molar-refractivity contribution in [1.29, 1.82) is 0 Å². The van der Waals surface area contributed by atoms with Crippen LogP contribution in [-0.2, 0) is 4.74 Å². The molecule has 0 N–H and O–H groups in total. The molecule has 110 valence electrons. The van der Waals surface area contributed by atoms with Crippen molar-refractivity contribution in [2.45, 2.75) is 26.1 Å². The molecule has 1 fully saturated rings. The molecule has 2 rings (SSSR count). The van der Waals surface area contributed by atoms with Crippen LogP contribution in [0.2, 0.25) is 0 Å². The van der Waals surface area contributed by atoms with Gasteiger partial charge in [-0.1, -0.05) is 0 Å². The molecule has 1 aliphatic heterocycles. The Bertz CT molecular complexity index is 479. The first-order chi connectivity index (χ1) is 9.55. The SMILES string of the molecule is COc1ccc(C(=O)N2C[C@@H](C)O[C@H](C)C2)cc1OC. The summed E-state index contributed by atoms with van der Waals surface area (Å²) in [5.74, 6) is 1.17. The quantitative estimate of drug-likeness (QED) is 0.848. The van der Waals surface area contributed by atoms with Crippen LogP contribution < -0.4 is 9.47 Å². The van der Waals surface area contributed by atoms with E-state index in [4.69, 9.17) is 14.2 Å². The summed E-state index contributed by atoms with van der Waals surface area (Å²) < 4.78 is 16.1. The minimum Gasteiger partial charge on any atom is -0.493 e. The molecule has 0 spiro atoms. The van der Waals surface area contributed by atoms with Crippen molar-refractivity contribution < 1.29 is 19.0 Å². The maximum absolute atomic E-state index is 12.5. The van der Waals surface area contributed by atoms with Crippen molar-refractivity contribution in [3.63, 3.8) is 0 Å². The average molecular weight is 279 g/mol. The van der Waals surface area contributed by atoms with Gasteiger partial charge in [-0.3, -0.25) is 4.79 Å². The molecule has 20 heavy (non-hydrogen) atoms. The number of ether oxygens (including phenoxy) is 3. The van der Waals surface area contributed by atoms with Gasteiger partial charge >= 0.3 is 0 Å². The van der Waals surface area contributed by atoms with Crippen LogP contribution >= 0.6 is 0 Å². The van der Waals surface area contributed by atoms with Crippen LogP contribution in [-0.4, -0.2) is 50.3 Å². The van der Waals surface area contributed by atoms with E-state index in [2.05, 4.69) is 0 Å². The van der Waals surface area contributed by atoms with Crippen LogP contribution in [0.5, 0.6) is 11.5 Å². The Labute approximate surface area is 119 Å². The highest BCUT2D eigenvalue weighted by Crippen LogP contribution is 2.28. The number of hydrogen-bond acceptors (Lipinski definition) is 4. The molecule has 0 aliphatic carbocycles. The molecule has 1 aromatic carbocycles. The minimum atomic E-state index is -0.00652. The second kappa shape index (κ2) is 6.13. The largest absolute Gasteiger partial charge is 0.493 e. The number of carbonyl (C=O) groups is 1. The van der Waals surface area contributed by atoms with Crippen LogP contribution in [0.25, 0.3) is 0 Å². The van der Waals surface area contributed by atoms with Crippen LogP contribution in [0.4, 0.5) is 0 Å². The summed E-state index contributed by atoms with van der Waals surface area (Å²) in [6, 6.07) is 5.22. The lowest BCUT2D eigenvalue weighted by Gasteiger charge is -2.35. The van der Waals surface area contributed by atoms with Crippen molar-refractivity contribution in [2.24, 2.45) is 0 Å². The van der Waals surface area contributed by atoms with Gasteiger partial charge in [0, 0.05) is 18.7 Å². The monoisotopic (exact) mass is 279 g/mol. The van der Waals surface area contributed by atoms with E-state index < -0.39 is 0 Å². The summed E-state index contributed by atoms with van der Waals surface area (Å²) >= 11 is 0. The van der Waals surface area contributed by atoms with E-state index in [0.29, 0.717) is 30.2 Å². The highest BCUT2D eigenvalue weighted by atomic mass is 16.5. The zero-order valence-electron chi connectivity index (χ0n) is 12.4. The molecule has 2 atom stereocenters. The predicted molar refractivity (Wildman–Crippen MR) is 75.5 cm³/mol. The van der Waals surface area contributed by atoms with E-state index in [-0.39, 0.29) is 18.1 Å². The first-order valence-electron chi connectivity index (χ1n) is 6.72. The molecule has 0 aromatic heterocycles. The molecule has 5 nitrogen and oxygen atoms in total. The number of amides is 1. The molecule has 0 radical (unpaired) electrons. The highest BCUT2D eigenvalue weighted by molar-refractivity contribution is 5.95. The fraction of sp³-hybridized carbons (Fsp3) is 0.533. The molecule has 0 saturated carbocycles. The van der Waals surface area contributed by atoms with E-state index in [0.717, 1.165) is 0 Å². The molecular formula is C15H21NO4. The standard InChI is InChI=1S/C15H21NO4/c1-10-8-16(9-11(2)20-10)15(17)12-5-6-13(18-3)14(7-12)19-4/h5-7,10-11H,8-9H2,1-4H3/t10-,11-/m1/s1. The average Bonchev–Trinajstić information content (AvgIpc) is 2.44. The van der Waals surface area contributed by atoms with E-state index in [1.165, 1.54) is 0 Å². The van der Waals surface area contributed by atoms with Gasteiger partial charge in [-0.25, -0.2) is 0 Å². The van der Waals surface area contributed by atoms with Crippen LogP contribution in [0.1, 0.15) is 24.2 Å². The van der Waals surface area contributed by atoms with Gasteiger partial charge in [-0.15, -0.1) is 0 Å². The first-order valence-corrected chi connectivity index (χ1v) is 6.72. The number of benzene rings is 1. The molecule has 5 heteroatoms. The van der Waals surface area contributed by atoms with Gasteiger partial charge in [0.15, 0.2) is 11.5 Å². The number of nitrogens with zero attached hydrogens (tertiary/aromatic N) is 1. The van der Waals surface area contributed by atoms with Crippen molar-refractivity contribution in [3.8, 4) is 11.5 Å². The summed E-state index contributed by atoms with van der Waals surface area (Å²) in [5, 5.41) is 0. The van der Waals surface area contributed by atoms with Gasteiger partial charge in [-0.2, -0.15) is 0 Å². The Kier molecular flexibility index (Phi) is 4.49. The molecule has 1 saturated heterocycles. The van der Waals surface area contributed by atoms with E-state index in [1.54, 1.807) is 32.4 Å². The lowest BCUT2D eigenvalue weighted by Crippen LogP contribution is -2.48. The number of morpholine rings is 1. The Morgan fingerprint density at radius 2 is 1.75 bits per heavy atom. The second-order valence-corrected chi connectivity index (χ2v) is 5.04. The van der Waals surface area contributed by atoms with E-state index >= 15 is 0 Å². The summed E-state index contributed by atoms with van der Waals surface area (Å²) in [5.41, 5.74) is 0.601. The maximum Gasteiger partial charge on any atom is 0.254 e. The smallest absolute Gasteiger partial charge is 0.254 e. The fourth-order valence-electron chi connectivity index (χ4n) is 2.50. The maximum atomic E-state index is 12.5. The van der Waals surface area contributed by atoms with Gasteiger partial charge in [0.05, 0.1) is 26.4 Å². The first kappa shape index (κ1) is 14.7. The molecule has 1 aromatic rings. The normalized spacial score (nSPS) is 22.5. The molecule has 0 bridgehead atoms. The Morgan fingerprint density at radius 1 is 1.15 bits per heavy atom. The number of methoxy groups -OCH3 is 2. The van der Waals surface area contributed by atoms with Gasteiger partial charge < -0.3 is 19.1 Å². The summed E-state index contributed by atoms with van der Waals surface area (Å²) in [7, 11) is 3.13. The van der Waals surface area contributed by atoms with E-state index in [1.807, 2.05) is 18.7 Å². The molecule has 0 unspecified atom stereocenters.